The highest BCUT2D eigenvalue weighted by Crippen LogP contribution is 2.09. The molecule has 1 amide bonds. The number of carboxylic acids is 1. The molecule has 0 saturated carbocycles. The van der Waals surface area contributed by atoms with Crippen molar-refractivity contribution in [1.82, 2.24) is 4.90 Å². The van der Waals surface area contributed by atoms with Gasteiger partial charge in [0.2, 0.25) is 5.91 Å². The van der Waals surface area contributed by atoms with E-state index < -0.39 is 11.9 Å². The molecule has 0 radical (unpaired) electrons. The van der Waals surface area contributed by atoms with Crippen LogP contribution in [0, 0.1) is 17.2 Å². The standard InChI is InChI=1S/C10H16N2O3S/c1-8(10(14)15)6-16-7-9(13)12(2)5-3-4-11/h8H,3,5-7H2,1-2H3,(H,14,15). The first-order chi connectivity index (χ1) is 7.49. The Morgan fingerprint density at radius 1 is 1.56 bits per heavy atom. The first kappa shape index (κ1) is 14.8. The normalized spacial score (nSPS) is 11.6. The minimum absolute atomic E-state index is 0.0714. The van der Waals surface area contributed by atoms with Gasteiger partial charge >= 0.3 is 5.97 Å². The van der Waals surface area contributed by atoms with Crippen LogP contribution in [0.4, 0.5) is 0 Å². The van der Waals surface area contributed by atoms with Gasteiger partial charge in [-0.15, -0.1) is 0 Å². The van der Waals surface area contributed by atoms with Crippen LogP contribution >= 0.6 is 11.8 Å². The number of thioether (sulfide) groups is 1. The van der Waals surface area contributed by atoms with Crippen molar-refractivity contribution in [2.75, 3.05) is 25.1 Å². The first-order valence-corrected chi connectivity index (χ1v) is 6.06. The summed E-state index contributed by atoms with van der Waals surface area (Å²) in [5.74, 6) is -0.676. The van der Waals surface area contributed by atoms with E-state index in [0.717, 1.165) is 0 Å². The summed E-state index contributed by atoms with van der Waals surface area (Å²) in [4.78, 5) is 23.4. The van der Waals surface area contributed by atoms with E-state index in [1.807, 2.05) is 6.07 Å². The Bertz CT molecular complexity index is 288. The van der Waals surface area contributed by atoms with Gasteiger partial charge in [-0.3, -0.25) is 9.59 Å². The van der Waals surface area contributed by atoms with E-state index in [0.29, 0.717) is 18.7 Å². The molecular weight excluding hydrogens is 228 g/mol. The van der Waals surface area contributed by atoms with Crippen LogP contribution in [-0.2, 0) is 9.59 Å². The molecule has 1 atom stereocenters. The van der Waals surface area contributed by atoms with E-state index >= 15 is 0 Å². The van der Waals surface area contributed by atoms with Gasteiger partial charge < -0.3 is 10.0 Å². The third kappa shape index (κ3) is 6.30. The van der Waals surface area contributed by atoms with E-state index in [4.69, 9.17) is 10.4 Å². The summed E-state index contributed by atoms with van der Waals surface area (Å²) in [6, 6.07) is 1.96. The van der Waals surface area contributed by atoms with Gasteiger partial charge in [0.15, 0.2) is 0 Å². The summed E-state index contributed by atoms with van der Waals surface area (Å²) in [6.45, 7) is 2.03. The number of aliphatic carboxylic acids is 1. The molecule has 0 saturated heterocycles. The number of nitrogens with zero attached hydrogens (tertiary/aromatic N) is 2. The fraction of sp³-hybridized carbons (Fsp3) is 0.700. The highest BCUT2D eigenvalue weighted by molar-refractivity contribution is 7.99. The number of hydrogen-bond acceptors (Lipinski definition) is 4. The molecule has 0 aromatic carbocycles. The minimum atomic E-state index is -0.849. The Balaban J connectivity index is 3.73. The zero-order valence-electron chi connectivity index (χ0n) is 9.47. The number of hydrogen-bond donors (Lipinski definition) is 1. The Kier molecular flexibility index (Phi) is 7.38. The highest BCUT2D eigenvalue weighted by atomic mass is 32.2. The lowest BCUT2D eigenvalue weighted by molar-refractivity contribution is -0.140. The first-order valence-electron chi connectivity index (χ1n) is 4.90. The predicted octanol–water partition coefficient (Wildman–Crippen LogP) is 0.812. The van der Waals surface area contributed by atoms with E-state index in [-0.39, 0.29) is 11.7 Å². The van der Waals surface area contributed by atoms with Crippen LogP contribution in [0.2, 0.25) is 0 Å². The minimum Gasteiger partial charge on any atom is -0.481 e. The molecule has 0 fully saturated rings. The Morgan fingerprint density at radius 3 is 2.69 bits per heavy atom. The van der Waals surface area contributed by atoms with Crippen LogP contribution in [0.25, 0.3) is 0 Å². The SMILES string of the molecule is CC(CSCC(=O)N(C)CCC#N)C(=O)O. The van der Waals surface area contributed by atoms with Crippen LogP contribution in [0.5, 0.6) is 0 Å². The number of rotatable bonds is 7. The average Bonchev–Trinajstić information content (AvgIpc) is 2.25. The molecule has 0 spiro atoms. The predicted molar refractivity (Wildman–Crippen MR) is 62.0 cm³/mol. The van der Waals surface area contributed by atoms with Gasteiger partial charge in [-0.2, -0.15) is 17.0 Å². The molecule has 90 valence electrons. The molecule has 0 rings (SSSR count). The summed E-state index contributed by atoms with van der Waals surface area (Å²) in [5.41, 5.74) is 0. The number of amides is 1. The smallest absolute Gasteiger partial charge is 0.307 e. The second-order valence-electron chi connectivity index (χ2n) is 3.48. The topological polar surface area (TPSA) is 81.4 Å². The molecule has 0 heterocycles. The second-order valence-corrected chi connectivity index (χ2v) is 4.51. The average molecular weight is 244 g/mol. The van der Waals surface area contributed by atoms with Crippen LogP contribution < -0.4 is 0 Å². The highest BCUT2D eigenvalue weighted by Gasteiger charge is 2.13. The summed E-state index contributed by atoms with van der Waals surface area (Å²) >= 11 is 1.30. The third-order valence-corrected chi connectivity index (χ3v) is 3.19. The summed E-state index contributed by atoms with van der Waals surface area (Å²) < 4.78 is 0. The molecule has 0 aliphatic rings. The van der Waals surface area contributed by atoms with Crippen molar-refractivity contribution in [3.8, 4) is 6.07 Å². The van der Waals surface area contributed by atoms with Crippen molar-refractivity contribution < 1.29 is 14.7 Å². The largest absolute Gasteiger partial charge is 0.481 e. The monoisotopic (exact) mass is 244 g/mol. The van der Waals surface area contributed by atoms with E-state index in [1.165, 1.54) is 16.7 Å². The lowest BCUT2D eigenvalue weighted by Crippen LogP contribution is -2.29. The van der Waals surface area contributed by atoms with Crippen molar-refractivity contribution in [2.24, 2.45) is 5.92 Å². The molecule has 1 unspecified atom stereocenters. The molecule has 5 nitrogen and oxygen atoms in total. The van der Waals surface area contributed by atoms with Gasteiger partial charge in [0.05, 0.1) is 24.2 Å². The molecule has 0 aliphatic carbocycles. The van der Waals surface area contributed by atoms with Crippen LogP contribution in [0.3, 0.4) is 0 Å². The Morgan fingerprint density at radius 2 is 2.19 bits per heavy atom. The lowest BCUT2D eigenvalue weighted by Gasteiger charge is -2.15. The maximum absolute atomic E-state index is 11.4. The van der Waals surface area contributed by atoms with Crippen LogP contribution in [0.1, 0.15) is 13.3 Å². The van der Waals surface area contributed by atoms with Crippen molar-refractivity contribution >= 4 is 23.6 Å². The van der Waals surface area contributed by atoms with Crippen molar-refractivity contribution in [1.29, 1.82) is 5.26 Å². The van der Waals surface area contributed by atoms with Gasteiger partial charge in [-0.05, 0) is 0 Å². The summed E-state index contributed by atoms with van der Waals surface area (Å²) in [6.07, 6.45) is 0.318. The number of carboxylic acid groups (broad SMARTS) is 1. The molecule has 0 bridgehead atoms. The summed E-state index contributed by atoms with van der Waals surface area (Å²) in [5, 5.41) is 17.0. The molecular formula is C10H16N2O3S. The van der Waals surface area contributed by atoms with Crippen LogP contribution in [0.15, 0.2) is 0 Å². The van der Waals surface area contributed by atoms with Gasteiger partial charge in [0.1, 0.15) is 0 Å². The molecule has 1 N–H and O–H groups in total. The van der Waals surface area contributed by atoms with Crippen molar-refractivity contribution in [2.45, 2.75) is 13.3 Å². The molecule has 0 aromatic rings. The summed E-state index contributed by atoms with van der Waals surface area (Å²) in [7, 11) is 1.64. The van der Waals surface area contributed by atoms with Gasteiger partial charge in [-0.25, -0.2) is 0 Å². The Labute approximate surface area is 99.4 Å². The zero-order valence-corrected chi connectivity index (χ0v) is 10.3. The number of carbonyl (C=O) groups is 2. The van der Waals surface area contributed by atoms with E-state index in [2.05, 4.69) is 0 Å². The zero-order chi connectivity index (χ0) is 12.6. The van der Waals surface area contributed by atoms with Crippen molar-refractivity contribution in [3.05, 3.63) is 0 Å². The molecule has 0 aliphatic heterocycles. The van der Waals surface area contributed by atoms with Crippen molar-refractivity contribution in [3.63, 3.8) is 0 Å². The molecule has 0 aromatic heterocycles. The number of carbonyl (C=O) groups excluding carboxylic acids is 1. The maximum Gasteiger partial charge on any atom is 0.307 e. The second kappa shape index (κ2) is 7.99. The maximum atomic E-state index is 11.4. The van der Waals surface area contributed by atoms with Gasteiger partial charge in [0.25, 0.3) is 0 Å². The quantitative estimate of drug-likeness (QED) is 0.716. The fourth-order valence-corrected chi connectivity index (χ4v) is 1.86. The Hall–Kier alpha value is -1.22. The fourth-order valence-electron chi connectivity index (χ4n) is 0.847. The molecule has 6 heteroatoms. The van der Waals surface area contributed by atoms with Crippen LogP contribution in [-0.4, -0.2) is 47.0 Å². The van der Waals surface area contributed by atoms with E-state index in [9.17, 15) is 9.59 Å². The molecule has 16 heavy (non-hydrogen) atoms. The number of nitriles is 1. The third-order valence-electron chi connectivity index (χ3n) is 2.00. The van der Waals surface area contributed by atoms with Gasteiger partial charge in [0, 0.05) is 19.3 Å². The van der Waals surface area contributed by atoms with Gasteiger partial charge in [-0.1, -0.05) is 6.92 Å². The lowest BCUT2D eigenvalue weighted by atomic mass is 10.2. The van der Waals surface area contributed by atoms with E-state index in [1.54, 1.807) is 14.0 Å².